The molecule has 2 aliphatic rings. The quantitative estimate of drug-likeness (QED) is 0.693. The van der Waals surface area contributed by atoms with Crippen LogP contribution >= 0.6 is 0 Å². The average molecular weight is 368 g/mol. The molecular weight excluding hydrogens is 344 g/mol. The molecular formula is C18H24O8. The van der Waals surface area contributed by atoms with Gasteiger partial charge in [0.25, 0.3) is 0 Å². The molecule has 3 rings (SSSR count). The summed E-state index contributed by atoms with van der Waals surface area (Å²) in [6.07, 6.45) is -6.44. The Hall–Kier alpha value is -1.55. The molecule has 144 valence electrons. The lowest BCUT2D eigenvalue weighted by Gasteiger charge is -2.29. The molecule has 0 bridgehead atoms. The zero-order chi connectivity index (χ0) is 18.9. The molecule has 2 saturated heterocycles. The second-order valence-electron chi connectivity index (χ2n) is 6.79. The highest BCUT2D eigenvalue weighted by Gasteiger charge is 2.58. The van der Waals surface area contributed by atoms with Crippen molar-refractivity contribution in [2.45, 2.75) is 63.1 Å². The zero-order valence-corrected chi connectivity index (χ0v) is 14.9. The lowest BCUT2D eigenvalue weighted by atomic mass is 10.0. The van der Waals surface area contributed by atoms with E-state index in [0.717, 1.165) is 12.7 Å². The number of ether oxygens (including phenoxy) is 5. The Balaban J connectivity index is 1.75. The van der Waals surface area contributed by atoms with Gasteiger partial charge in [0, 0.05) is 0 Å². The van der Waals surface area contributed by atoms with Crippen LogP contribution < -0.4 is 0 Å². The topological polar surface area (TPSA) is 104 Å². The predicted octanol–water partition coefficient (Wildman–Crippen LogP) is 0.343. The van der Waals surface area contributed by atoms with Gasteiger partial charge in [0.1, 0.15) is 24.4 Å². The summed E-state index contributed by atoms with van der Waals surface area (Å²) in [7, 11) is 1.13. The highest BCUT2D eigenvalue weighted by atomic mass is 16.8. The summed E-state index contributed by atoms with van der Waals surface area (Å²) in [6, 6.07) is 9.47. The summed E-state index contributed by atoms with van der Waals surface area (Å²) in [4.78, 5) is 11.6. The van der Waals surface area contributed by atoms with Gasteiger partial charge >= 0.3 is 5.97 Å². The fourth-order valence-electron chi connectivity index (χ4n) is 3.18. The minimum absolute atomic E-state index is 0.249. The van der Waals surface area contributed by atoms with E-state index in [2.05, 4.69) is 4.74 Å². The minimum atomic E-state index is -1.76. The third-order valence-electron chi connectivity index (χ3n) is 4.42. The van der Waals surface area contributed by atoms with Gasteiger partial charge in [-0.2, -0.15) is 0 Å². The van der Waals surface area contributed by atoms with Crippen molar-refractivity contribution >= 4 is 5.97 Å². The SMILES string of the molecule is COC(=O)[C@@H](O)[C@@H](O)[C@H]1O[C@@H]2OC(C)(C)O[C@@H]2[C@H]1OCc1ccccc1. The Morgan fingerprint density at radius 2 is 1.92 bits per heavy atom. The van der Waals surface area contributed by atoms with Crippen molar-refractivity contribution in [3.8, 4) is 0 Å². The molecule has 0 unspecified atom stereocenters. The Kier molecular flexibility index (Phi) is 5.61. The largest absolute Gasteiger partial charge is 0.467 e. The van der Waals surface area contributed by atoms with E-state index in [1.165, 1.54) is 0 Å². The number of aliphatic hydroxyl groups excluding tert-OH is 2. The van der Waals surface area contributed by atoms with Crippen LogP contribution in [0.3, 0.4) is 0 Å². The number of aliphatic hydroxyl groups is 2. The van der Waals surface area contributed by atoms with E-state index in [4.69, 9.17) is 18.9 Å². The average Bonchev–Trinajstić information content (AvgIpc) is 3.10. The fraction of sp³-hybridized carbons (Fsp3) is 0.611. The van der Waals surface area contributed by atoms with Crippen molar-refractivity contribution in [2.24, 2.45) is 0 Å². The van der Waals surface area contributed by atoms with Crippen LogP contribution in [0.4, 0.5) is 0 Å². The zero-order valence-electron chi connectivity index (χ0n) is 14.9. The van der Waals surface area contributed by atoms with Crippen molar-refractivity contribution in [3.63, 3.8) is 0 Å². The molecule has 2 aliphatic heterocycles. The molecule has 0 spiro atoms. The molecule has 8 nitrogen and oxygen atoms in total. The molecule has 0 aliphatic carbocycles. The first kappa shape index (κ1) is 19.2. The van der Waals surface area contributed by atoms with Crippen molar-refractivity contribution in [1.29, 1.82) is 0 Å². The first-order chi connectivity index (χ1) is 12.3. The van der Waals surface area contributed by atoms with E-state index >= 15 is 0 Å². The third kappa shape index (κ3) is 3.90. The van der Waals surface area contributed by atoms with E-state index in [9.17, 15) is 15.0 Å². The van der Waals surface area contributed by atoms with Gasteiger partial charge in [-0.15, -0.1) is 0 Å². The molecule has 2 fully saturated rings. The number of fused-ring (bicyclic) bond motifs is 1. The molecule has 1 aromatic rings. The first-order valence-corrected chi connectivity index (χ1v) is 8.43. The van der Waals surface area contributed by atoms with E-state index < -0.39 is 48.6 Å². The number of methoxy groups -OCH3 is 1. The number of hydrogen-bond donors (Lipinski definition) is 2. The summed E-state index contributed by atoms with van der Waals surface area (Å²) < 4.78 is 27.6. The molecule has 2 N–H and O–H groups in total. The van der Waals surface area contributed by atoms with Crippen molar-refractivity contribution in [1.82, 2.24) is 0 Å². The number of hydrogen-bond acceptors (Lipinski definition) is 8. The van der Waals surface area contributed by atoms with Gasteiger partial charge in [-0.25, -0.2) is 4.79 Å². The van der Waals surface area contributed by atoms with Crippen LogP contribution in [0.15, 0.2) is 30.3 Å². The molecule has 8 heteroatoms. The molecule has 26 heavy (non-hydrogen) atoms. The van der Waals surface area contributed by atoms with Crippen LogP contribution in [0.25, 0.3) is 0 Å². The molecule has 0 aromatic heterocycles. The summed E-state index contributed by atoms with van der Waals surface area (Å²) >= 11 is 0. The lowest BCUT2D eigenvalue weighted by molar-refractivity contribution is -0.237. The fourth-order valence-corrected chi connectivity index (χ4v) is 3.18. The third-order valence-corrected chi connectivity index (χ3v) is 4.42. The molecule has 2 heterocycles. The van der Waals surface area contributed by atoms with Crippen LogP contribution in [-0.4, -0.2) is 65.9 Å². The monoisotopic (exact) mass is 368 g/mol. The Bertz CT molecular complexity index is 619. The Morgan fingerprint density at radius 3 is 2.58 bits per heavy atom. The van der Waals surface area contributed by atoms with Gasteiger partial charge in [0.2, 0.25) is 0 Å². The Morgan fingerprint density at radius 1 is 1.23 bits per heavy atom. The van der Waals surface area contributed by atoms with E-state index in [1.54, 1.807) is 13.8 Å². The first-order valence-electron chi connectivity index (χ1n) is 8.43. The van der Waals surface area contributed by atoms with Gasteiger partial charge in [-0.1, -0.05) is 30.3 Å². The van der Waals surface area contributed by atoms with E-state index in [-0.39, 0.29) is 6.61 Å². The molecule has 1 aromatic carbocycles. The number of esters is 1. The maximum atomic E-state index is 11.6. The minimum Gasteiger partial charge on any atom is -0.467 e. The van der Waals surface area contributed by atoms with Gasteiger partial charge in [-0.3, -0.25) is 0 Å². The highest BCUT2D eigenvalue weighted by Crippen LogP contribution is 2.40. The summed E-state index contributed by atoms with van der Waals surface area (Å²) in [5, 5.41) is 20.4. The van der Waals surface area contributed by atoms with Crippen molar-refractivity contribution in [2.75, 3.05) is 7.11 Å². The summed E-state index contributed by atoms with van der Waals surface area (Å²) in [6.45, 7) is 3.74. The number of rotatable bonds is 6. The van der Waals surface area contributed by atoms with E-state index in [0.29, 0.717) is 0 Å². The van der Waals surface area contributed by atoms with Gasteiger partial charge in [0.15, 0.2) is 18.2 Å². The normalized spacial score (nSPS) is 32.0. The summed E-state index contributed by atoms with van der Waals surface area (Å²) in [5.74, 6) is -1.82. The Labute approximate surface area is 151 Å². The maximum Gasteiger partial charge on any atom is 0.337 e. The van der Waals surface area contributed by atoms with Crippen LogP contribution in [-0.2, 0) is 35.1 Å². The number of benzene rings is 1. The molecule has 0 radical (unpaired) electrons. The van der Waals surface area contributed by atoms with Crippen LogP contribution in [0, 0.1) is 0 Å². The van der Waals surface area contributed by atoms with Crippen LogP contribution in [0.2, 0.25) is 0 Å². The van der Waals surface area contributed by atoms with Crippen molar-refractivity contribution < 1.29 is 38.7 Å². The second kappa shape index (κ2) is 7.59. The number of carbonyl (C=O) groups is 1. The molecule has 6 atom stereocenters. The molecule has 0 saturated carbocycles. The predicted molar refractivity (Wildman–Crippen MR) is 87.7 cm³/mol. The smallest absolute Gasteiger partial charge is 0.337 e. The molecule has 0 amide bonds. The maximum absolute atomic E-state index is 11.6. The highest BCUT2D eigenvalue weighted by molar-refractivity contribution is 5.75. The van der Waals surface area contributed by atoms with Crippen molar-refractivity contribution in [3.05, 3.63) is 35.9 Å². The van der Waals surface area contributed by atoms with Crippen LogP contribution in [0.1, 0.15) is 19.4 Å². The van der Waals surface area contributed by atoms with Gasteiger partial charge in [0.05, 0.1) is 13.7 Å². The van der Waals surface area contributed by atoms with Gasteiger partial charge < -0.3 is 33.9 Å². The number of carbonyl (C=O) groups excluding carboxylic acids is 1. The van der Waals surface area contributed by atoms with Crippen LogP contribution in [0.5, 0.6) is 0 Å². The van der Waals surface area contributed by atoms with E-state index in [1.807, 2.05) is 30.3 Å². The second-order valence-corrected chi connectivity index (χ2v) is 6.79. The lowest BCUT2D eigenvalue weighted by Crippen LogP contribution is -2.49. The van der Waals surface area contributed by atoms with Gasteiger partial charge in [-0.05, 0) is 19.4 Å². The standard InChI is InChI=1S/C18H24O8/c1-18(2)25-15-14(23-9-10-7-5-4-6-8-10)13(24-17(15)26-18)11(19)12(20)16(21)22-3/h4-8,11-15,17,19-20H,9H2,1-3H3/t11-,12+,13-,14+,15-,17-/m1/s1. The summed E-state index contributed by atoms with van der Waals surface area (Å²) in [5.41, 5.74) is 0.927.